The van der Waals surface area contributed by atoms with Gasteiger partial charge in [0, 0.05) is 11.4 Å². The Morgan fingerprint density at radius 2 is 2.11 bits per heavy atom. The third-order valence-corrected chi connectivity index (χ3v) is 3.95. The van der Waals surface area contributed by atoms with Crippen molar-refractivity contribution < 1.29 is 9.53 Å². The van der Waals surface area contributed by atoms with Crippen LogP contribution in [0, 0.1) is 0 Å². The normalized spacial score (nSPS) is 11.6. The van der Waals surface area contributed by atoms with E-state index in [2.05, 4.69) is 15.9 Å². The van der Waals surface area contributed by atoms with Crippen LogP contribution in [-0.2, 0) is 16.1 Å². The molecule has 0 spiro atoms. The molecule has 1 aromatic rings. The Morgan fingerprint density at radius 1 is 1.44 bits per heavy atom. The number of amides is 1. The molecule has 1 aromatic heterocycles. The molecule has 0 radical (unpaired) electrons. The van der Waals surface area contributed by atoms with Crippen LogP contribution in [0.25, 0.3) is 0 Å². The lowest BCUT2D eigenvalue weighted by atomic mass is 10.2. The Hall–Kier alpha value is -0.390. The molecule has 0 aliphatic carbocycles. The standard InChI is InChI=1S/C13H20BrNO2S/c1-5-15(8-10-6-7-11(14)18-10)12(16)9-17-13(2,3)4/h6-7H,5,8-9H2,1-4H3. The molecule has 1 rings (SSSR count). The van der Waals surface area contributed by atoms with Gasteiger partial charge in [-0.2, -0.15) is 0 Å². The van der Waals surface area contributed by atoms with E-state index < -0.39 is 0 Å². The molecule has 0 unspecified atom stereocenters. The highest BCUT2D eigenvalue weighted by Gasteiger charge is 2.17. The monoisotopic (exact) mass is 333 g/mol. The predicted molar refractivity (Wildman–Crippen MR) is 78.8 cm³/mol. The van der Waals surface area contributed by atoms with E-state index in [-0.39, 0.29) is 18.1 Å². The Labute approximate surface area is 121 Å². The molecule has 0 aromatic carbocycles. The first-order valence-corrected chi connectivity index (χ1v) is 7.58. The number of carbonyl (C=O) groups excluding carboxylic acids is 1. The van der Waals surface area contributed by atoms with Gasteiger partial charge in [-0.1, -0.05) is 0 Å². The predicted octanol–water partition coefficient (Wildman–Crippen LogP) is 3.67. The van der Waals surface area contributed by atoms with Crippen molar-refractivity contribution in [3.05, 3.63) is 20.8 Å². The summed E-state index contributed by atoms with van der Waals surface area (Å²) >= 11 is 5.08. The van der Waals surface area contributed by atoms with E-state index in [1.165, 1.54) is 4.88 Å². The van der Waals surface area contributed by atoms with Crippen LogP contribution in [0.5, 0.6) is 0 Å². The van der Waals surface area contributed by atoms with Gasteiger partial charge >= 0.3 is 0 Å². The molecule has 18 heavy (non-hydrogen) atoms. The Kier molecular flexibility index (Phi) is 5.82. The van der Waals surface area contributed by atoms with Crippen LogP contribution in [0.1, 0.15) is 32.6 Å². The summed E-state index contributed by atoms with van der Waals surface area (Å²) in [6.07, 6.45) is 0. The minimum Gasteiger partial charge on any atom is -0.366 e. The number of nitrogens with zero attached hydrogens (tertiary/aromatic N) is 1. The summed E-state index contributed by atoms with van der Waals surface area (Å²) in [7, 11) is 0. The van der Waals surface area contributed by atoms with Gasteiger partial charge in [0.1, 0.15) is 6.61 Å². The van der Waals surface area contributed by atoms with Gasteiger partial charge in [0.2, 0.25) is 5.91 Å². The van der Waals surface area contributed by atoms with E-state index in [9.17, 15) is 4.79 Å². The minimum absolute atomic E-state index is 0.0388. The van der Waals surface area contributed by atoms with Crippen LogP contribution >= 0.6 is 27.3 Å². The van der Waals surface area contributed by atoms with E-state index in [1.54, 1.807) is 11.3 Å². The Balaban J connectivity index is 2.52. The van der Waals surface area contributed by atoms with Gasteiger partial charge < -0.3 is 9.64 Å². The Bertz CT molecular complexity index is 398. The van der Waals surface area contributed by atoms with Gasteiger partial charge in [-0.05, 0) is 55.8 Å². The number of thiophene rings is 1. The molecular formula is C13H20BrNO2S. The molecule has 0 fully saturated rings. The number of carbonyl (C=O) groups is 1. The van der Waals surface area contributed by atoms with Crippen LogP contribution in [0.2, 0.25) is 0 Å². The zero-order valence-corrected chi connectivity index (χ0v) is 13.7. The molecule has 0 bridgehead atoms. The fraction of sp³-hybridized carbons (Fsp3) is 0.615. The first-order chi connectivity index (χ1) is 8.31. The molecule has 0 aliphatic heterocycles. The average molecular weight is 334 g/mol. The van der Waals surface area contributed by atoms with E-state index in [1.807, 2.05) is 44.7 Å². The lowest BCUT2D eigenvalue weighted by Gasteiger charge is -2.24. The second-order valence-electron chi connectivity index (χ2n) is 5.01. The number of halogens is 1. The van der Waals surface area contributed by atoms with Crippen molar-refractivity contribution in [3.63, 3.8) is 0 Å². The quantitative estimate of drug-likeness (QED) is 0.822. The highest BCUT2D eigenvalue weighted by molar-refractivity contribution is 9.11. The second kappa shape index (κ2) is 6.68. The molecule has 0 aliphatic rings. The maximum atomic E-state index is 12.0. The van der Waals surface area contributed by atoms with Crippen LogP contribution in [0.3, 0.4) is 0 Å². The van der Waals surface area contributed by atoms with Gasteiger partial charge in [0.15, 0.2) is 0 Å². The molecular weight excluding hydrogens is 314 g/mol. The van der Waals surface area contributed by atoms with Crippen molar-refractivity contribution in [2.24, 2.45) is 0 Å². The molecule has 0 N–H and O–H groups in total. The van der Waals surface area contributed by atoms with E-state index in [0.29, 0.717) is 13.1 Å². The van der Waals surface area contributed by atoms with Gasteiger partial charge in [0.05, 0.1) is 15.9 Å². The maximum Gasteiger partial charge on any atom is 0.248 e. The summed E-state index contributed by atoms with van der Waals surface area (Å²) in [5.74, 6) is 0.0388. The van der Waals surface area contributed by atoms with Crippen molar-refractivity contribution in [2.45, 2.75) is 39.8 Å². The molecule has 0 saturated heterocycles. The number of likely N-dealkylation sites (N-methyl/N-ethyl adjacent to an activating group) is 1. The molecule has 0 saturated carbocycles. The third-order valence-electron chi connectivity index (χ3n) is 2.34. The second-order valence-corrected chi connectivity index (χ2v) is 7.56. The summed E-state index contributed by atoms with van der Waals surface area (Å²) in [5.41, 5.74) is -0.277. The van der Waals surface area contributed by atoms with Crippen molar-refractivity contribution in [3.8, 4) is 0 Å². The van der Waals surface area contributed by atoms with Crippen LogP contribution in [-0.4, -0.2) is 29.6 Å². The zero-order chi connectivity index (χ0) is 13.8. The minimum atomic E-state index is -0.277. The lowest BCUT2D eigenvalue weighted by molar-refractivity contribution is -0.141. The maximum absolute atomic E-state index is 12.0. The average Bonchev–Trinajstić information content (AvgIpc) is 2.67. The SMILES string of the molecule is CCN(Cc1ccc(Br)s1)C(=O)COC(C)(C)C. The Morgan fingerprint density at radius 3 is 2.56 bits per heavy atom. The summed E-state index contributed by atoms with van der Waals surface area (Å²) in [5, 5.41) is 0. The summed E-state index contributed by atoms with van der Waals surface area (Å²) in [6, 6.07) is 4.04. The van der Waals surface area contributed by atoms with Crippen molar-refractivity contribution in [1.82, 2.24) is 4.90 Å². The smallest absolute Gasteiger partial charge is 0.248 e. The fourth-order valence-electron chi connectivity index (χ4n) is 1.37. The fourth-order valence-corrected chi connectivity index (χ4v) is 2.87. The first kappa shape index (κ1) is 15.7. The number of hydrogen-bond donors (Lipinski definition) is 0. The number of hydrogen-bond acceptors (Lipinski definition) is 3. The third kappa shape index (κ3) is 5.50. The lowest BCUT2D eigenvalue weighted by Crippen LogP contribution is -2.35. The molecule has 3 nitrogen and oxygen atoms in total. The molecule has 1 heterocycles. The van der Waals surface area contributed by atoms with Gasteiger partial charge in [0.25, 0.3) is 0 Å². The van der Waals surface area contributed by atoms with Crippen molar-refractivity contribution in [2.75, 3.05) is 13.2 Å². The van der Waals surface area contributed by atoms with E-state index in [0.717, 1.165) is 3.79 Å². The highest BCUT2D eigenvalue weighted by Crippen LogP contribution is 2.23. The van der Waals surface area contributed by atoms with Crippen LogP contribution in [0.4, 0.5) is 0 Å². The zero-order valence-electron chi connectivity index (χ0n) is 11.3. The topological polar surface area (TPSA) is 29.5 Å². The van der Waals surface area contributed by atoms with Crippen molar-refractivity contribution in [1.29, 1.82) is 0 Å². The summed E-state index contributed by atoms with van der Waals surface area (Å²) < 4.78 is 6.61. The van der Waals surface area contributed by atoms with E-state index >= 15 is 0 Å². The molecule has 5 heteroatoms. The van der Waals surface area contributed by atoms with Gasteiger partial charge in [-0.3, -0.25) is 4.79 Å². The number of rotatable bonds is 5. The van der Waals surface area contributed by atoms with E-state index in [4.69, 9.17) is 4.74 Å². The molecule has 0 atom stereocenters. The van der Waals surface area contributed by atoms with Gasteiger partial charge in [-0.15, -0.1) is 11.3 Å². The molecule has 1 amide bonds. The summed E-state index contributed by atoms with van der Waals surface area (Å²) in [6.45, 7) is 9.33. The highest BCUT2D eigenvalue weighted by atomic mass is 79.9. The first-order valence-electron chi connectivity index (χ1n) is 5.98. The molecule has 102 valence electrons. The van der Waals surface area contributed by atoms with Crippen LogP contribution in [0.15, 0.2) is 15.9 Å². The van der Waals surface area contributed by atoms with Crippen LogP contribution < -0.4 is 0 Å². The van der Waals surface area contributed by atoms with Gasteiger partial charge in [-0.25, -0.2) is 0 Å². The number of ether oxygens (including phenoxy) is 1. The summed E-state index contributed by atoms with van der Waals surface area (Å²) in [4.78, 5) is 15.0. The largest absolute Gasteiger partial charge is 0.366 e. The van der Waals surface area contributed by atoms with Crippen molar-refractivity contribution >= 4 is 33.2 Å².